The summed E-state index contributed by atoms with van der Waals surface area (Å²) in [6.45, 7) is 18.9. The third kappa shape index (κ3) is 23.0. The first-order valence-electron chi connectivity index (χ1n) is 19.6. The van der Waals surface area contributed by atoms with E-state index >= 15 is 0 Å². The smallest absolute Gasteiger partial charge is 0.251 e. The number of amides is 3. The van der Waals surface area contributed by atoms with Gasteiger partial charge in [-0.2, -0.15) is 0 Å². The Morgan fingerprint density at radius 3 is 2.07 bits per heavy atom. The van der Waals surface area contributed by atoms with Crippen molar-refractivity contribution in [2.75, 3.05) is 33.9 Å². The molecule has 0 bridgehead atoms. The monoisotopic (exact) mass is 776 g/mol. The number of rotatable bonds is 16. The molecule has 1 saturated carbocycles. The topological polar surface area (TPSA) is 171 Å². The molecule has 6 N–H and O–H groups in total. The quantitative estimate of drug-likeness (QED) is 0.0654. The number of β-amino-alcohol motifs (C(OH)–C–C–N with tert-alkyl or cyclic N) is 1. The molecule has 3 rings (SSSR count). The second kappa shape index (κ2) is 29.5. The van der Waals surface area contributed by atoms with Gasteiger partial charge in [0.05, 0.1) is 39.0 Å². The Kier molecular flexibility index (Phi) is 27.5. The Balaban J connectivity index is 0.00000164. The van der Waals surface area contributed by atoms with Gasteiger partial charge in [-0.15, -0.1) is 0 Å². The van der Waals surface area contributed by atoms with Crippen molar-refractivity contribution >= 4 is 18.2 Å². The van der Waals surface area contributed by atoms with Crippen molar-refractivity contribution in [2.24, 2.45) is 11.8 Å². The Morgan fingerprint density at radius 1 is 0.982 bits per heavy atom. The zero-order valence-electron chi connectivity index (χ0n) is 35.4. The van der Waals surface area contributed by atoms with Crippen molar-refractivity contribution in [3.05, 3.63) is 60.2 Å². The van der Waals surface area contributed by atoms with E-state index in [4.69, 9.17) is 14.7 Å². The fraction of sp³-hybridized carbons (Fsp3) is 0.643. The normalized spacial score (nSPS) is 19.4. The number of benzene rings is 1. The van der Waals surface area contributed by atoms with Gasteiger partial charge in [-0.25, -0.2) is 0 Å². The zero-order chi connectivity index (χ0) is 41.8. The highest BCUT2D eigenvalue weighted by Gasteiger charge is 2.36. The van der Waals surface area contributed by atoms with E-state index in [1.165, 1.54) is 46.3 Å². The molecule has 1 heterocycles. The maximum absolute atomic E-state index is 12.9. The lowest BCUT2D eigenvalue weighted by Gasteiger charge is -2.46. The number of nitrogens with zero attached hydrogens (tertiary/aromatic N) is 1. The predicted octanol–water partition coefficient (Wildman–Crippen LogP) is 6.12. The van der Waals surface area contributed by atoms with Crippen molar-refractivity contribution in [1.82, 2.24) is 26.5 Å². The lowest BCUT2D eigenvalue weighted by Crippen LogP contribution is -2.54. The second-order valence-electron chi connectivity index (χ2n) is 14.7. The highest BCUT2D eigenvalue weighted by Crippen LogP contribution is 2.38. The van der Waals surface area contributed by atoms with Crippen LogP contribution >= 0.6 is 0 Å². The molecule has 55 heavy (non-hydrogen) atoms. The standard InChI is InChI=1S/C32H47N3O5.C5H11NO.C3H9NO2.C2H6/c1-5-6-7-8-9-10-15-29(30(36)22-35-21-25-14-12-11-13-24(25)16-23(35)2)34-31(37)20-33-32(38)26-17-27(39-3)19-28(18-26)40-4;1-5(2,3)6-4-7;1-3(2)6-4-5;1-2/h5-10,17-19,23-25,29-30,36H,11-16,20-22H2,1-4H3,(H,33,38)(H,34,37);4H,1-3H3,(H,6,7);3-5H,1-2H3;1-2H3/b6-5-,8-7-,10-9+;;;. The molecule has 2 fully saturated rings. The van der Waals surface area contributed by atoms with Crippen LogP contribution < -0.4 is 31.1 Å². The van der Waals surface area contributed by atoms with E-state index < -0.39 is 18.1 Å². The number of aliphatic hydroxyl groups is 1. The Bertz CT molecular complexity index is 1270. The molecule has 13 heteroatoms. The van der Waals surface area contributed by atoms with Gasteiger partial charge in [-0.1, -0.05) is 75.2 Å². The number of nitrogens with one attached hydrogen (secondary N) is 4. The molecule has 13 nitrogen and oxygen atoms in total. The van der Waals surface area contributed by atoms with Crippen molar-refractivity contribution in [3.63, 3.8) is 0 Å². The summed E-state index contributed by atoms with van der Waals surface area (Å²) in [5.74, 6) is 1.70. The minimum atomic E-state index is -0.742. The Labute approximate surface area is 331 Å². The molecule has 1 aromatic carbocycles. The van der Waals surface area contributed by atoms with E-state index in [0.717, 1.165) is 12.5 Å². The lowest BCUT2D eigenvalue weighted by molar-refractivity contribution is -0.152. The molecule has 0 aromatic heterocycles. The maximum atomic E-state index is 12.9. The van der Waals surface area contributed by atoms with Crippen LogP contribution in [0.25, 0.3) is 0 Å². The average Bonchev–Trinajstić information content (AvgIpc) is 3.15. The summed E-state index contributed by atoms with van der Waals surface area (Å²) in [6, 6.07) is 4.78. The van der Waals surface area contributed by atoms with Gasteiger partial charge in [-0.05, 0) is 91.7 Å². The van der Waals surface area contributed by atoms with E-state index in [1.807, 2.05) is 91.8 Å². The molecule has 1 aliphatic heterocycles. The molecule has 1 aromatic rings. The summed E-state index contributed by atoms with van der Waals surface area (Å²) in [6.07, 6.45) is 18.5. The summed E-state index contributed by atoms with van der Waals surface area (Å²) in [4.78, 5) is 42.1. The number of hydrogen-bond donors (Lipinski definition) is 6. The molecule has 0 spiro atoms. The van der Waals surface area contributed by atoms with Gasteiger partial charge < -0.3 is 30.5 Å². The molecule has 3 amide bonds. The fourth-order valence-electron chi connectivity index (χ4n) is 6.12. The van der Waals surface area contributed by atoms with Crippen LogP contribution in [0.3, 0.4) is 0 Å². The zero-order valence-corrected chi connectivity index (χ0v) is 35.4. The minimum Gasteiger partial charge on any atom is -0.497 e. The van der Waals surface area contributed by atoms with Crippen LogP contribution in [0.15, 0.2) is 54.7 Å². The molecule has 1 aliphatic carbocycles. The number of ether oxygens (including phenoxy) is 2. The molecular formula is C42H73N5O8. The van der Waals surface area contributed by atoms with E-state index in [0.29, 0.717) is 48.4 Å². The van der Waals surface area contributed by atoms with Gasteiger partial charge in [-0.3, -0.25) is 29.3 Å². The Morgan fingerprint density at radius 2 is 1.58 bits per heavy atom. The number of likely N-dealkylation sites (tertiary alicyclic amines) is 1. The number of aliphatic hydroxyl groups excluding tert-OH is 1. The molecule has 0 radical (unpaired) electrons. The molecule has 314 valence electrons. The third-order valence-electron chi connectivity index (χ3n) is 8.89. The summed E-state index contributed by atoms with van der Waals surface area (Å²) in [5.41, 5.74) is 1.83. The molecular weight excluding hydrogens is 702 g/mol. The predicted molar refractivity (Wildman–Crippen MR) is 220 cm³/mol. The van der Waals surface area contributed by atoms with Gasteiger partial charge in [0.25, 0.3) is 5.91 Å². The maximum Gasteiger partial charge on any atom is 0.251 e. The van der Waals surface area contributed by atoms with Gasteiger partial charge >= 0.3 is 0 Å². The van der Waals surface area contributed by atoms with Crippen LogP contribution in [0.5, 0.6) is 11.5 Å². The van der Waals surface area contributed by atoms with Crippen LogP contribution in [-0.2, 0) is 14.4 Å². The van der Waals surface area contributed by atoms with Crippen LogP contribution in [0.1, 0.15) is 111 Å². The van der Waals surface area contributed by atoms with Crippen LogP contribution in [0, 0.1) is 11.8 Å². The van der Waals surface area contributed by atoms with E-state index in [-0.39, 0.29) is 24.1 Å². The van der Waals surface area contributed by atoms with Gasteiger partial charge in [0.1, 0.15) is 11.5 Å². The summed E-state index contributed by atoms with van der Waals surface area (Å²) in [7, 11) is 3.02. The van der Waals surface area contributed by atoms with Crippen molar-refractivity contribution in [2.45, 2.75) is 131 Å². The van der Waals surface area contributed by atoms with Crippen molar-refractivity contribution in [1.29, 1.82) is 0 Å². The first-order valence-corrected chi connectivity index (χ1v) is 19.6. The van der Waals surface area contributed by atoms with Crippen LogP contribution in [0.2, 0.25) is 0 Å². The van der Waals surface area contributed by atoms with Gasteiger partial charge in [0.2, 0.25) is 12.3 Å². The summed E-state index contributed by atoms with van der Waals surface area (Å²) in [5, 5.41) is 27.3. The lowest BCUT2D eigenvalue weighted by atomic mass is 9.73. The highest BCUT2D eigenvalue weighted by molar-refractivity contribution is 5.97. The van der Waals surface area contributed by atoms with E-state index in [2.05, 4.69) is 32.6 Å². The summed E-state index contributed by atoms with van der Waals surface area (Å²) < 4.78 is 10.5. The number of hydrogen-bond acceptors (Lipinski definition) is 10. The molecule has 5 atom stereocenters. The first-order chi connectivity index (χ1) is 26.2. The van der Waals surface area contributed by atoms with Crippen LogP contribution in [0.4, 0.5) is 0 Å². The Hall–Kier alpha value is -3.75. The molecule has 1 saturated heterocycles. The van der Waals surface area contributed by atoms with Gasteiger partial charge in [0.15, 0.2) is 0 Å². The highest BCUT2D eigenvalue weighted by atomic mass is 16.8. The van der Waals surface area contributed by atoms with E-state index in [9.17, 15) is 19.5 Å². The largest absolute Gasteiger partial charge is 0.497 e. The average molecular weight is 776 g/mol. The molecule has 5 unspecified atom stereocenters. The van der Waals surface area contributed by atoms with Crippen molar-refractivity contribution < 1.29 is 39.0 Å². The number of allylic oxidation sites excluding steroid dienone is 5. The summed E-state index contributed by atoms with van der Waals surface area (Å²) >= 11 is 0. The number of piperidine rings is 1. The van der Waals surface area contributed by atoms with Crippen LogP contribution in [-0.4, -0.2) is 97.1 Å². The number of fused-ring (bicyclic) bond motifs is 1. The third-order valence-corrected chi connectivity index (χ3v) is 8.89. The molecule has 2 aliphatic rings. The number of carbonyl (C=O) groups is 3. The number of methoxy groups -OCH3 is 2. The second-order valence-corrected chi connectivity index (χ2v) is 14.7. The fourth-order valence-corrected chi connectivity index (χ4v) is 6.12. The SMILES string of the molecule is CC.CC(C)(C)NC=O.CC(C)ONO.C\C=C/C=C\C=C\CC(NC(=O)CNC(=O)c1cc(OC)cc(OC)c1)C(O)CN1CC2CCCCC2CC1C. The van der Waals surface area contributed by atoms with Crippen molar-refractivity contribution in [3.8, 4) is 11.5 Å². The van der Waals surface area contributed by atoms with E-state index in [1.54, 1.807) is 23.8 Å². The minimum absolute atomic E-state index is 0.0370. The van der Waals surface area contributed by atoms with Gasteiger partial charge in [0, 0.05) is 36.3 Å². The number of carbonyl (C=O) groups excluding carboxylic acids is 3. The first kappa shape index (κ1) is 51.2.